The molecule has 0 spiro atoms. The van der Waals surface area contributed by atoms with Crippen LogP contribution in [0.25, 0.3) is 0 Å². The second kappa shape index (κ2) is 9.87. The summed E-state index contributed by atoms with van der Waals surface area (Å²) < 4.78 is 39.9. The van der Waals surface area contributed by atoms with Crippen LogP contribution in [0, 0.1) is 11.8 Å². The molecule has 1 aromatic rings. The zero-order chi connectivity index (χ0) is 22.6. The fourth-order valence-electron chi connectivity index (χ4n) is 4.36. The molecule has 9 heteroatoms. The fourth-order valence-corrected chi connectivity index (χ4v) is 4.36. The average Bonchev–Trinajstić information content (AvgIpc) is 2.77. The summed E-state index contributed by atoms with van der Waals surface area (Å²) in [5, 5.41) is 2.95. The van der Waals surface area contributed by atoms with Crippen molar-refractivity contribution in [1.29, 1.82) is 0 Å². The van der Waals surface area contributed by atoms with Crippen LogP contribution in [0.4, 0.5) is 19.0 Å². The maximum Gasteiger partial charge on any atom is 0.419 e. The first-order valence-corrected chi connectivity index (χ1v) is 11.0. The van der Waals surface area contributed by atoms with Crippen molar-refractivity contribution in [3.05, 3.63) is 23.9 Å². The average molecular weight is 441 g/mol. The van der Waals surface area contributed by atoms with E-state index in [2.05, 4.69) is 10.3 Å². The van der Waals surface area contributed by atoms with Gasteiger partial charge in [-0.05, 0) is 30.9 Å². The summed E-state index contributed by atoms with van der Waals surface area (Å²) in [5.74, 6) is -0.451. The van der Waals surface area contributed by atoms with E-state index in [4.69, 9.17) is 0 Å². The summed E-state index contributed by atoms with van der Waals surface area (Å²) in [6.07, 6.45) is 1.79. The van der Waals surface area contributed by atoms with E-state index in [1.165, 1.54) is 12.3 Å². The van der Waals surface area contributed by atoms with E-state index in [9.17, 15) is 22.8 Å². The van der Waals surface area contributed by atoms with Crippen molar-refractivity contribution >= 4 is 17.6 Å². The van der Waals surface area contributed by atoms with Crippen molar-refractivity contribution in [3.8, 4) is 0 Å². The van der Waals surface area contributed by atoms with Crippen molar-refractivity contribution in [1.82, 2.24) is 15.2 Å². The number of amides is 2. The maximum atomic E-state index is 13.3. The van der Waals surface area contributed by atoms with Gasteiger partial charge in [-0.25, -0.2) is 4.98 Å². The van der Waals surface area contributed by atoms with E-state index in [1.807, 2.05) is 13.8 Å². The van der Waals surface area contributed by atoms with Crippen LogP contribution in [-0.2, 0) is 15.8 Å². The molecule has 1 aliphatic heterocycles. The molecule has 0 radical (unpaired) electrons. The highest BCUT2D eigenvalue weighted by Crippen LogP contribution is 2.35. The Morgan fingerprint density at radius 3 is 2.32 bits per heavy atom. The SMILES string of the molecule is CC(C)C(NC(=O)C1CCCCC1)C(=O)N1CCN(c2ncccc2C(F)(F)F)CC1. The molecule has 2 heterocycles. The van der Waals surface area contributed by atoms with Gasteiger partial charge in [-0.3, -0.25) is 9.59 Å². The van der Waals surface area contributed by atoms with E-state index >= 15 is 0 Å². The van der Waals surface area contributed by atoms with Crippen molar-refractivity contribution in [3.63, 3.8) is 0 Å². The van der Waals surface area contributed by atoms with Gasteiger partial charge >= 0.3 is 6.18 Å². The van der Waals surface area contributed by atoms with E-state index in [0.29, 0.717) is 0 Å². The molecule has 1 saturated heterocycles. The topological polar surface area (TPSA) is 65.5 Å². The number of rotatable bonds is 5. The minimum atomic E-state index is -4.48. The molecule has 1 aromatic heterocycles. The molecule has 2 aliphatic rings. The highest BCUT2D eigenvalue weighted by molar-refractivity contribution is 5.89. The van der Waals surface area contributed by atoms with Gasteiger partial charge in [0.1, 0.15) is 11.9 Å². The molecule has 1 unspecified atom stereocenters. The Labute approximate surface area is 181 Å². The molecule has 3 rings (SSSR count). The number of nitrogens with one attached hydrogen (secondary N) is 1. The van der Waals surface area contributed by atoms with Gasteiger partial charge in [-0.1, -0.05) is 33.1 Å². The van der Waals surface area contributed by atoms with Gasteiger partial charge in [0.15, 0.2) is 0 Å². The fraction of sp³-hybridized carbons (Fsp3) is 0.682. The van der Waals surface area contributed by atoms with E-state index < -0.39 is 17.8 Å². The zero-order valence-electron chi connectivity index (χ0n) is 18.1. The van der Waals surface area contributed by atoms with Crippen LogP contribution in [0.3, 0.4) is 0 Å². The lowest BCUT2D eigenvalue weighted by molar-refractivity contribution is -0.139. The lowest BCUT2D eigenvalue weighted by Gasteiger charge is -2.38. The van der Waals surface area contributed by atoms with Crippen molar-refractivity contribution in [2.45, 2.75) is 58.2 Å². The van der Waals surface area contributed by atoms with Gasteiger partial charge in [-0.15, -0.1) is 0 Å². The number of carbonyl (C=O) groups excluding carboxylic acids is 2. The van der Waals surface area contributed by atoms with Gasteiger partial charge in [0.05, 0.1) is 5.56 Å². The molecule has 6 nitrogen and oxygen atoms in total. The highest BCUT2D eigenvalue weighted by Gasteiger charge is 2.37. The van der Waals surface area contributed by atoms with Gasteiger partial charge in [0, 0.05) is 38.3 Å². The molecule has 172 valence electrons. The van der Waals surface area contributed by atoms with Crippen LogP contribution in [0.15, 0.2) is 18.3 Å². The molecule has 0 bridgehead atoms. The Balaban J connectivity index is 1.62. The molecule has 1 aliphatic carbocycles. The Morgan fingerprint density at radius 2 is 1.74 bits per heavy atom. The lowest BCUT2D eigenvalue weighted by atomic mass is 9.88. The molecule has 0 aromatic carbocycles. The zero-order valence-corrected chi connectivity index (χ0v) is 18.1. The minimum Gasteiger partial charge on any atom is -0.353 e. The molecule has 1 atom stereocenters. The summed E-state index contributed by atoms with van der Waals surface area (Å²) in [7, 11) is 0. The number of nitrogens with zero attached hydrogens (tertiary/aromatic N) is 3. The molecule has 1 N–H and O–H groups in total. The van der Waals surface area contributed by atoms with Crippen LogP contribution in [0.5, 0.6) is 0 Å². The van der Waals surface area contributed by atoms with E-state index in [1.54, 1.807) is 9.80 Å². The number of hydrogen-bond acceptors (Lipinski definition) is 4. The molecular formula is C22H31F3N4O2. The summed E-state index contributed by atoms with van der Waals surface area (Å²) in [6.45, 7) is 4.87. The maximum absolute atomic E-state index is 13.3. The van der Waals surface area contributed by atoms with Crippen LogP contribution in [0.2, 0.25) is 0 Å². The monoisotopic (exact) mass is 440 g/mol. The first kappa shape index (κ1) is 23.3. The smallest absolute Gasteiger partial charge is 0.353 e. The van der Waals surface area contributed by atoms with Crippen LogP contribution in [0.1, 0.15) is 51.5 Å². The van der Waals surface area contributed by atoms with Crippen LogP contribution >= 0.6 is 0 Å². The largest absolute Gasteiger partial charge is 0.419 e. The first-order chi connectivity index (χ1) is 14.7. The number of piperazine rings is 1. The van der Waals surface area contributed by atoms with Crippen LogP contribution in [-0.4, -0.2) is 53.9 Å². The Morgan fingerprint density at radius 1 is 1.10 bits per heavy atom. The van der Waals surface area contributed by atoms with E-state index in [0.717, 1.165) is 38.2 Å². The second-order valence-corrected chi connectivity index (χ2v) is 8.75. The Bertz CT molecular complexity index is 770. The normalized spacial score (nSPS) is 19.4. The number of alkyl halides is 3. The standard InChI is InChI=1S/C22H31F3N4O2/c1-15(2)18(27-20(30)16-7-4-3-5-8-16)21(31)29-13-11-28(12-14-29)19-17(22(23,24)25)9-6-10-26-19/h6,9-10,15-16,18H,3-5,7-8,11-14H2,1-2H3,(H,27,30). The van der Waals surface area contributed by atoms with E-state index in [-0.39, 0.29) is 55.6 Å². The lowest BCUT2D eigenvalue weighted by Crippen LogP contribution is -2.57. The highest BCUT2D eigenvalue weighted by atomic mass is 19.4. The third-order valence-corrected chi connectivity index (χ3v) is 6.19. The molecule has 31 heavy (non-hydrogen) atoms. The Kier molecular flexibility index (Phi) is 7.43. The molecule has 1 saturated carbocycles. The summed E-state index contributed by atoms with van der Waals surface area (Å²) in [6, 6.07) is 1.67. The summed E-state index contributed by atoms with van der Waals surface area (Å²) >= 11 is 0. The third kappa shape index (κ3) is 5.68. The van der Waals surface area contributed by atoms with Gasteiger partial charge in [-0.2, -0.15) is 13.2 Å². The number of carbonyl (C=O) groups is 2. The van der Waals surface area contributed by atoms with Gasteiger partial charge in [0.2, 0.25) is 11.8 Å². The third-order valence-electron chi connectivity index (χ3n) is 6.19. The molecule has 2 fully saturated rings. The predicted molar refractivity (Wildman–Crippen MR) is 111 cm³/mol. The second-order valence-electron chi connectivity index (χ2n) is 8.75. The number of halogens is 3. The predicted octanol–water partition coefficient (Wildman–Crippen LogP) is 3.47. The molecular weight excluding hydrogens is 409 g/mol. The summed E-state index contributed by atoms with van der Waals surface area (Å²) in [5.41, 5.74) is -0.769. The van der Waals surface area contributed by atoms with Crippen molar-refractivity contribution in [2.75, 3.05) is 31.1 Å². The quantitative estimate of drug-likeness (QED) is 0.762. The number of anilines is 1. The van der Waals surface area contributed by atoms with Crippen molar-refractivity contribution in [2.24, 2.45) is 11.8 Å². The van der Waals surface area contributed by atoms with Crippen molar-refractivity contribution < 1.29 is 22.8 Å². The number of hydrogen-bond donors (Lipinski definition) is 1. The first-order valence-electron chi connectivity index (χ1n) is 11.0. The minimum absolute atomic E-state index is 0.0374. The van der Waals surface area contributed by atoms with Gasteiger partial charge in [0.25, 0.3) is 0 Å². The van der Waals surface area contributed by atoms with Crippen LogP contribution < -0.4 is 10.2 Å². The number of aromatic nitrogens is 1. The number of pyridine rings is 1. The van der Waals surface area contributed by atoms with Gasteiger partial charge < -0.3 is 15.1 Å². The molecule has 2 amide bonds. The Hall–Kier alpha value is -2.32. The summed E-state index contributed by atoms with van der Waals surface area (Å²) in [4.78, 5) is 32.9.